The zero-order chi connectivity index (χ0) is 89.2. The number of hydrogen-bond donors (Lipinski definition) is 4. The van der Waals surface area contributed by atoms with E-state index in [1.165, 1.54) is 0 Å². The van der Waals surface area contributed by atoms with Gasteiger partial charge in [-0.1, -0.05) is 34.9 Å². The number of ether oxygens (including phenoxy) is 23. The van der Waals surface area contributed by atoms with Gasteiger partial charge < -0.3 is 129 Å². The number of aryl methyl sites for hydroxylation is 3. The molecule has 702 valence electrons. The Balaban J connectivity index is 1.18. The predicted octanol–water partition coefficient (Wildman–Crippen LogP) is 8.73. The number of aromatic nitrogens is 9. The van der Waals surface area contributed by atoms with Crippen LogP contribution in [0.2, 0.25) is 0 Å². The molecule has 39 heteroatoms. The minimum atomic E-state index is -0.851. The Hall–Kier alpha value is -9.53. The highest BCUT2D eigenvalue weighted by Crippen LogP contribution is 2.44. The van der Waals surface area contributed by atoms with E-state index in [0.717, 1.165) is 12.8 Å². The van der Waals surface area contributed by atoms with Crippen LogP contribution in [0.1, 0.15) is 111 Å². The number of nitrogens with zero attached hydrogens (tertiary/aromatic N) is 9. The van der Waals surface area contributed by atoms with Gasteiger partial charge in [0.25, 0.3) is 0 Å². The number of hydrogen-bond acceptors (Lipinski definition) is 33. The molecular formula is C87H129N9O30. The van der Waals surface area contributed by atoms with Crippen LogP contribution < -0.4 is 37.9 Å². The van der Waals surface area contributed by atoms with E-state index in [9.17, 15) is 24.6 Å². The SMILES string of the molecule is COCCOCCOCCOCCOCCOc1cc(COc2cc(OCc3cc(OCCOCCOCCOCCOCCOC)cc(OCc4cn(CCCCCC(=O)O)nn4)c3)cc(-c3c(OCCOCCOCCOCCOCCOC)cc(CO)cc3OCc3cn(CCCCCC(=O)O)nn3)c2)cc(OCc2cn(CCCCCC(=O)O)nn2)c1. The maximum atomic E-state index is 11.2. The summed E-state index contributed by atoms with van der Waals surface area (Å²) in [6.07, 6.45) is 11.5. The molecule has 3 aromatic heterocycles. The Morgan fingerprint density at radius 1 is 0.278 bits per heavy atom. The van der Waals surface area contributed by atoms with Crippen molar-refractivity contribution in [1.29, 1.82) is 0 Å². The van der Waals surface area contributed by atoms with Crippen LogP contribution in [0.3, 0.4) is 0 Å². The Morgan fingerprint density at radius 2 is 0.540 bits per heavy atom. The predicted molar refractivity (Wildman–Crippen MR) is 453 cm³/mol. The summed E-state index contributed by atoms with van der Waals surface area (Å²) >= 11 is 0. The number of aliphatic hydroxyl groups excluding tert-OH is 1. The lowest BCUT2D eigenvalue weighted by Gasteiger charge is -2.20. The van der Waals surface area contributed by atoms with Crippen molar-refractivity contribution >= 4 is 17.9 Å². The first-order chi connectivity index (χ1) is 61.8. The lowest BCUT2D eigenvalue weighted by molar-refractivity contribution is -0.138. The number of carboxylic acids is 3. The van der Waals surface area contributed by atoms with E-state index in [2.05, 4.69) is 30.9 Å². The largest absolute Gasteiger partial charge is 0.491 e. The third-order valence-corrected chi connectivity index (χ3v) is 18.0. The molecule has 7 rings (SSSR count). The molecule has 0 amide bonds. The van der Waals surface area contributed by atoms with E-state index < -0.39 is 24.5 Å². The number of carbonyl (C=O) groups is 3. The summed E-state index contributed by atoms with van der Waals surface area (Å²) in [5.74, 6) is 0.512. The second kappa shape index (κ2) is 66.8. The number of aliphatic hydroxyl groups is 1. The number of carboxylic acid groups (broad SMARTS) is 3. The quantitative estimate of drug-likeness (QED) is 0.0259. The highest BCUT2D eigenvalue weighted by Gasteiger charge is 2.22. The van der Waals surface area contributed by atoms with Gasteiger partial charge in [-0.05, 0) is 109 Å². The van der Waals surface area contributed by atoms with E-state index in [4.69, 9.17) is 119 Å². The van der Waals surface area contributed by atoms with Gasteiger partial charge in [0.15, 0.2) is 0 Å². The fraction of sp³-hybridized carbons (Fsp3) is 0.621. The average Bonchev–Trinajstić information content (AvgIpc) is 0.794. The fourth-order valence-corrected chi connectivity index (χ4v) is 11.8. The molecule has 0 saturated carbocycles. The van der Waals surface area contributed by atoms with Gasteiger partial charge in [-0.25, -0.2) is 0 Å². The maximum absolute atomic E-state index is 11.2. The highest BCUT2D eigenvalue weighted by molar-refractivity contribution is 5.79. The third kappa shape index (κ3) is 47.9. The van der Waals surface area contributed by atoms with Crippen molar-refractivity contribution in [2.75, 3.05) is 220 Å². The molecule has 0 fully saturated rings. The van der Waals surface area contributed by atoms with Gasteiger partial charge in [-0.2, -0.15) is 0 Å². The smallest absolute Gasteiger partial charge is 0.303 e. The van der Waals surface area contributed by atoms with Crippen LogP contribution in [0, 0.1) is 0 Å². The van der Waals surface area contributed by atoms with Gasteiger partial charge in [0.2, 0.25) is 0 Å². The van der Waals surface area contributed by atoms with Gasteiger partial charge >= 0.3 is 17.9 Å². The summed E-state index contributed by atoms with van der Waals surface area (Å²) in [7, 11) is 4.86. The van der Waals surface area contributed by atoms with Crippen molar-refractivity contribution in [3.63, 3.8) is 0 Å². The molecule has 0 spiro atoms. The number of aliphatic carboxylic acids is 3. The monoisotopic (exact) mass is 1780 g/mol. The van der Waals surface area contributed by atoms with Gasteiger partial charge in [0.1, 0.15) is 116 Å². The van der Waals surface area contributed by atoms with Crippen LogP contribution >= 0.6 is 0 Å². The van der Waals surface area contributed by atoms with Gasteiger partial charge in [0.05, 0.1) is 209 Å². The molecule has 0 radical (unpaired) electrons. The van der Waals surface area contributed by atoms with Gasteiger partial charge in [-0.15, -0.1) is 15.3 Å². The molecule has 3 heterocycles. The topological polar surface area (TPSA) is 437 Å². The Morgan fingerprint density at radius 3 is 0.841 bits per heavy atom. The summed E-state index contributed by atoms with van der Waals surface area (Å²) in [5.41, 5.74) is 4.29. The van der Waals surface area contributed by atoms with Crippen molar-refractivity contribution in [1.82, 2.24) is 45.0 Å². The van der Waals surface area contributed by atoms with E-state index in [1.807, 2.05) is 36.4 Å². The van der Waals surface area contributed by atoms with Crippen LogP contribution in [0.25, 0.3) is 11.1 Å². The molecule has 0 atom stereocenters. The number of methoxy groups -OCH3 is 3. The van der Waals surface area contributed by atoms with Crippen molar-refractivity contribution in [2.24, 2.45) is 0 Å². The molecule has 0 saturated heterocycles. The van der Waals surface area contributed by atoms with Crippen molar-refractivity contribution in [2.45, 2.75) is 136 Å². The molecule has 0 aliphatic rings. The van der Waals surface area contributed by atoms with E-state index in [-0.39, 0.29) is 98.5 Å². The van der Waals surface area contributed by atoms with E-state index >= 15 is 0 Å². The maximum Gasteiger partial charge on any atom is 0.303 e. The number of rotatable bonds is 83. The molecule has 0 aliphatic carbocycles. The molecule has 7 aromatic rings. The average molecular weight is 1780 g/mol. The molecule has 0 unspecified atom stereocenters. The molecule has 0 aliphatic heterocycles. The van der Waals surface area contributed by atoms with Crippen molar-refractivity contribution in [3.8, 4) is 57.1 Å². The molecular weight excluding hydrogens is 1650 g/mol. The van der Waals surface area contributed by atoms with Crippen LogP contribution in [-0.2, 0) is 145 Å². The number of unbranched alkanes of at least 4 members (excludes halogenated alkanes) is 6. The highest BCUT2D eigenvalue weighted by atomic mass is 16.6. The zero-order valence-corrected chi connectivity index (χ0v) is 73.1. The zero-order valence-electron chi connectivity index (χ0n) is 73.1. The normalized spacial score (nSPS) is 11.4. The standard InChI is InChI=1S/C87H129N9O30/c1-104-19-22-107-25-28-110-31-34-113-37-40-116-43-46-119-76-49-70(51-78(57-76)124-66-73-60-94(91-88-73)16-10-4-7-13-84(98)99)64-122-80-55-72(87-82(121-48-45-118-42-39-115-36-33-112-30-27-109-24-21-106-3)53-69(63-97)54-83(87)126-68-75-62-96(93-90-75)18-12-6-9-15-86(102)103)56-81(59-80)123-65-71-50-77(120-47-44-117-41-38-114-35-32-111-29-26-108-23-20-105-2)58-79(52-71)125-67-74-61-95(92-89-74)17-11-5-8-14-85(100)101/h49-62,97H,4-48,63-68H2,1-3H3,(H,98,99)(H,100,101)(H,102,103). The Bertz CT molecular complexity index is 3850. The molecule has 4 N–H and O–H groups in total. The van der Waals surface area contributed by atoms with Crippen LogP contribution in [0.15, 0.2) is 85.3 Å². The van der Waals surface area contributed by atoms with E-state index in [0.29, 0.717) is 307 Å². The number of benzene rings is 4. The molecule has 4 aromatic carbocycles. The third-order valence-electron chi connectivity index (χ3n) is 18.0. The molecule has 126 heavy (non-hydrogen) atoms. The van der Waals surface area contributed by atoms with E-state index in [1.54, 1.807) is 84.3 Å². The van der Waals surface area contributed by atoms with Crippen LogP contribution in [0.5, 0.6) is 46.0 Å². The summed E-state index contributed by atoms with van der Waals surface area (Å²) in [6, 6.07) is 19.7. The van der Waals surface area contributed by atoms with Crippen molar-refractivity contribution < 1.29 is 144 Å². The first kappa shape index (κ1) is 104. The Kier molecular flexibility index (Phi) is 54.9. The van der Waals surface area contributed by atoms with Crippen molar-refractivity contribution in [3.05, 3.63) is 119 Å². The second-order valence-electron chi connectivity index (χ2n) is 28.3. The lowest BCUT2D eigenvalue weighted by atomic mass is 10.00. The van der Waals surface area contributed by atoms with Gasteiger partial charge in [0, 0.05) is 78.4 Å². The lowest BCUT2D eigenvalue weighted by Crippen LogP contribution is -2.14. The second-order valence-corrected chi connectivity index (χ2v) is 28.3. The summed E-state index contributed by atoms with van der Waals surface area (Å²) < 4.78 is 141. The van der Waals surface area contributed by atoms with Gasteiger partial charge in [-0.3, -0.25) is 28.4 Å². The van der Waals surface area contributed by atoms with Crippen LogP contribution in [0.4, 0.5) is 0 Å². The molecule has 0 bridgehead atoms. The summed E-state index contributed by atoms with van der Waals surface area (Å²) in [4.78, 5) is 33.5. The molecule has 39 nitrogen and oxygen atoms in total. The fourth-order valence-electron chi connectivity index (χ4n) is 11.8. The first-order valence-electron chi connectivity index (χ1n) is 42.8. The van der Waals surface area contributed by atoms with Crippen LogP contribution in [-0.4, -0.2) is 303 Å². The summed E-state index contributed by atoms with van der Waals surface area (Å²) in [5, 5.41) is 64.4. The minimum absolute atomic E-state index is 0.0461. The first-order valence-corrected chi connectivity index (χ1v) is 42.8. The minimum Gasteiger partial charge on any atom is -0.491 e. The summed E-state index contributed by atoms with van der Waals surface area (Å²) in [6.45, 7) is 12.0. The Labute approximate surface area is 735 Å².